The highest BCUT2D eigenvalue weighted by Crippen LogP contribution is 2.01. The lowest BCUT2D eigenvalue weighted by molar-refractivity contribution is -0.145. The van der Waals surface area contributed by atoms with E-state index in [-0.39, 0.29) is 0 Å². The second kappa shape index (κ2) is 36.3. The van der Waals surface area contributed by atoms with Gasteiger partial charge in [0.2, 0.25) is 76.8 Å². The van der Waals surface area contributed by atoms with Crippen LogP contribution in [0.4, 0.5) is 0 Å². The smallest absolute Gasteiger partial charge is 0.328 e. The molecule has 38 heteroatoms. The van der Waals surface area contributed by atoms with E-state index in [4.69, 9.17) is 15.9 Å². The number of aliphatic hydroxyl groups excluding tert-OH is 9. The highest BCUT2D eigenvalue weighted by atomic mass is 16.4. The van der Waals surface area contributed by atoms with Gasteiger partial charge in [0.15, 0.2) is 6.04 Å². The lowest BCUT2D eigenvalue weighted by atomic mass is 10.1. The third-order valence-corrected chi connectivity index (χ3v) is 10.2. The van der Waals surface area contributed by atoms with Crippen LogP contribution in [0.1, 0.15) is 27.7 Å². The van der Waals surface area contributed by atoms with Crippen molar-refractivity contribution >= 4 is 82.8 Å². The van der Waals surface area contributed by atoms with Gasteiger partial charge in [-0.15, -0.1) is 0 Å². The molecule has 0 aromatic carbocycles. The molecule has 0 heterocycles. The topological polar surface area (TPSA) is 624 Å². The van der Waals surface area contributed by atoms with Crippen LogP contribution in [-0.2, 0) is 67.1 Å². The van der Waals surface area contributed by atoms with Gasteiger partial charge in [-0.05, 0) is 27.7 Å². The monoisotopic (exact) mass is 1140 g/mol. The molecule has 0 bridgehead atoms. The van der Waals surface area contributed by atoms with Gasteiger partial charge in [0.25, 0.3) is 0 Å². The molecule has 13 atom stereocenters. The summed E-state index contributed by atoms with van der Waals surface area (Å²) in [4.78, 5) is 175. The van der Waals surface area contributed by atoms with Gasteiger partial charge >= 0.3 is 5.97 Å². The SMILES string of the molecule is C[C@@H](O)[C@H](NC(=O)[C@H](CO)NC(=O)CNC(=O)[C@@H](NC(=O)CNC(=O)[C@H](CO)NC(=O)[C@@H](NC(=O)[C@H](CO)NC(=O)CNC(=O)[C@H](CO)NC(=O)[C@@H](NC(=O)CNC(=O)CNC(=O)[C@@H](N)CO)[C@@H](C)O)[C@@H](C)O)[C@@H](C)O)C(=O)O. The van der Waals surface area contributed by atoms with Crippen molar-refractivity contribution in [3.8, 4) is 0 Å². The van der Waals surface area contributed by atoms with E-state index in [9.17, 15) is 108 Å². The molecule has 0 aromatic heterocycles. The van der Waals surface area contributed by atoms with E-state index in [1.54, 1.807) is 0 Å². The number of hydrogen-bond acceptors (Lipinski definition) is 24. The minimum atomic E-state index is -1.98. The van der Waals surface area contributed by atoms with E-state index in [1.165, 1.54) is 0 Å². The third kappa shape index (κ3) is 26.4. The molecule has 38 nitrogen and oxygen atoms in total. The van der Waals surface area contributed by atoms with Gasteiger partial charge in [-0.25, -0.2) is 4.79 Å². The maximum Gasteiger partial charge on any atom is 0.328 e. The van der Waals surface area contributed by atoms with Gasteiger partial charge < -0.3 is 126 Å². The standard InChI is InChI=1S/C41H70N14O24/c1-15(61)29(38(75)47-8-26(67)49-23(14-60)37(74)55-32(18(4)64)41(78)79)52-28(69)9-46-35(72)21(12-58)51-40(77)31(17(3)63)54-36(73)22(13-59)48-25(66)7-45-34(71)20(11-57)50-39(76)30(16(2)62)53-27(68)6-43-24(65)5-44-33(70)19(42)10-56/h15-23,29-32,56-64H,5-14,42H2,1-4H3,(H,43,65)(H,44,70)(H,45,71)(H,46,72)(H,47,75)(H,48,66)(H,49,67)(H,50,76)(H,51,77)(H,52,69)(H,53,68)(H,54,73)(H,55,74)(H,78,79)/t15-,16-,17-,18-,19+,20+,21+,22+,23+,29+,30+,31+,32+/m1/s1. The zero-order valence-corrected chi connectivity index (χ0v) is 42.8. The summed E-state index contributed by atoms with van der Waals surface area (Å²) < 4.78 is 0. The number of carbonyl (C=O) groups excluding carboxylic acids is 13. The van der Waals surface area contributed by atoms with Crippen LogP contribution in [0, 0.1) is 0 Å². The zero-order chi connectivity index (χ0) is 60.9. The number of nitrogens with one attached hydrogen (secondary N) is 13. The second-order valence-corrected chi connectivity index (χ2v) is 16.9. The van der Waals surface area contributed by atoms with E-state index in [0.717, 1.165) is 27.7 Å². The fraction of sp³-hybridized carbons (Fsp3) is 0.659. The van der Waals surface area contributed by atoms with Crippen molar-refractivity contribution in [3.05, 3.63) is 0 Å². The Morgan fingerprint density at radius 1 is 0.316 bits per heavy atom. The van der Waals surface area contributed by atoms with E-state index in [2.05, 4.69) is 16.0 Å². The van der Waals surface area contributed by atoms with Gasteiger partial charge in [-0.2, -0.15) is 0 Å². The Morgan fingerprint density at radius 2 is 0.595 bits per heavy atom. The number of carbonyl (C=O) groups is 14. The normalized spacial score (nSPS) is 15.8. The number of amides is 13. The molecule has 0 saturated carbocycles. The first kappa shape index (κ1) is 71.2. The predicted molar refractivity (Wildman–Crippen MR) is 258 cm³/mol. The van der Waals surface area contributed by atoms with Gasteiger partial charge in [-0.3, -0.25) is 62.3 Å². The molecule has 0 fully saturated rings. The van der Waals surface area contributed by atoms with E-state index >= 15 is 0 Å². The van der Waals surface area contributed by atoms with Crippen LogP contribution in [0.15, 0.2) is 0 Å². The Kier molecular flexibility index (Phi) is 32.7. The molecule has 0 aliphatic rings. The summed E-state index contributed by atoms with van der Waals surface area (Å²) in [6.45, 7) is -5.45. The second-order valence-electron chi connectivity index (χ2n) is 16.9. The average Bonchev–Trinajstić information content (AvgIpc) is 3.39. The van der Waals surface area contributed by atoms with Crippen molar-refractivity contribution in [2.24, 2.45) is 5.73 Å². The zero-order valence-electron chi connectivity index (χ0n) is 42.8. The van der Waals surface area contributed by atoms with E-state index in [1.807, 2.05) is 53.2 Å². The Morgan fingerprint density at radius 3 is 0.937 bits per heavy atom. The first-order valence-corrected chi connectivity index (χ1v) is 23.4. The van der Waals surface area contributed by atoms with Crippen molar-refractivity contribution in [2.75, 3.05) is 65.8 Å². The molecule has 0 aromatic rings. The first-order valence-electron chi connectivity index (χ1n) is 23.4. The summed E-state index contributed by atoms with van der Waals surface area (Å²) in [6.07, 6.45) is -6.66. The minimum Gasteiger partial charge on any atom is -0.480 e. The Labute approximate surface area is 447 Å². The fourth-order valence-corrected chi connectivity index (χ4v) is 5.83. The van der Waals surface area contributed by atoms with Crippen LogP contribution >= 0.6 is 0 Å². The highest BCUT2D eigenvalue weighted by molar-refractivity contribution is 5.98. The molecule has 448 valence electrons. The van der Waals surface area contributed by atoms with Crippen molar-refractivity contribution in [1.82, 2.24) is 69.1 Å². The van der Waals surface area contributed by atoms with Crippen LogP contribution in [0.3, 0.4) is 0 Å². The molecule has 0 rings (SSSR count). The molecule has 25 N–H and O–H groups in total. The molecule has 0 spiro atoms. The number of nitrogens with two attached hydrogens (primary N) is 1. The highest BCUT2D eigenvalue weighted by Gasteiger charge is 2.35. The van der Waals surface area contributed by atoms with Crippen molar-refractivity contribution < 1.29 is 118 Å². The molecule has 0 unspecified atom stereocenters. The van der Waals surface area contributed by atoms with Gasteiger partial charge in [0, 0.05) is 0 Å². The number of aliphatic hydroxyl groups is 9. The summed E-state index contributed by atoms with van der Waals surface area (Å²) in [5.74, 6) is -16.8. The number of carboxylic acids is 1. The Bertz CT molecular complexity index is 2150. The Balaban J connectivity index is 5.39. The Hall–Kier alpha value is -7.82. The van der Waals surface area contributed by atoms with Crippen LogP contribution in [-0.4, -0.2) is 278 Å². The van der Waals surface area contributed by atoms with Gasteiger partial charge in [0.1, 0.15) is 48.3 Å². The maximum atomic E-state index is 13.1. The van der Waals surface area contributed by atoms with Crippen LogP contribution in [0.25, 0.3) is 0 Å². The van der Waals surface area contributed by atoms with Crippen LogP contribution in [0.5, 0.6) is 0 Å². The molecule has 0 aliphatic carbocycles. The van der Waals surface area contributed by atoms with Gasteiger partial charge in [-0.1, -0.05) is 0 Å². The number of rotatable bonds is 36. The molecule has 79 heavy (non-hydrogen) atoms. The number of aliphatic carboxylic acids is 1. The van der Waals surface area contributed by atoms with Gasteiger partial charge in [0.05, 0.1) is 90.2 Å². The van der Waals surface area contributed by atoms with Crippen molar-refractivity contribution in [3.63, 3.8) is 0 Å². The summed E-state index contributed by atoms with van der Waals surface area (Å²) in [5, 5.41) is 123. The lowest BCUT2D eigenvalue weighted by Crippen LogP contribution is -2.61. The largest absolute Gasteiger partial charge is 0.480 e. The third-order valence-electron chi connectivity index (χ3n) is 10.2. The molecule has 0 aliphatic heterocycles. The summed E-state index contributed by atoms with van der Waals surface area (Å²) >= 11 is 0. The average molecular weight is 1140 g/mol. The molecular formula is C41H70N14O24. The summed E-state index contributed by atoms with van der Waals surface area (Å²) in [7, 11) is 0. The first-order chi connectivity index (χ1) is 36.9. The minimum absolute atomic E-state index is 0.647. The van der Waals surface area contributed by atoms with Crippen LogP contribution < -0.4 is 74.9 Å². The predicted octanol–water partition coefficient (Wildman–Crippen LogP) is -16.7. The molecule has 0 radical (unpaired) electrons. The van der Waals surface area contributed by atoms with Crippen LogP contribution in [0.2, 0.25) is 0 Å². The maximum absolute atomic E-state index is 13.1. The summed E-state index contributed by atoms with van der Waals surface area (Å²) in [6, 6.07) is -16.1. The fourth-order valence-electron chi connectivity index (χ4n) is 5.83. The summed E-state index contributed by atoms with van der Waals surface area (Å²) in [5.41, 5.74) is 5.30. The van der Waals surface area contributed by atoms with Crippen molar-refractivity contribution in [1.29, 1.82) is 0 Å². The van der Waals surface area contributed by atoms with E-state index < -0.39 is 227 Å². The van der Waals surface area contributed by atoms with E-state index in [0.29, 0.717) is 0 Å². The lowest BCUT2D eigenvalue weighted by Gasteiger charge is -2.26. The molecule has 13 amide bonds. The quantitative estimate of drug-likeness (QED) is 0.0277. The number of carboxylic acid groups (broad SMARTS) is 1. The van der Waals surface area contributed by atoms with Crippen molar-refractivity contribution in [2.45, 2.75) is 106 Å². The molecule has 0 saturated heterocycles. The number of hydrogen-bond donors (Lipinski definition) is 24. The molecular weight excluding hydrogens is 1070 g/mol.